The van der Waals surface area contributed by atoms with Crippen molar-refractivity contribution in [3.05, 3.63) is 34.3 Å². The number of benzene rings is 1. The molecule has 1 saturated carbocycles. The second-order valence-electron chi connectivity index (χ2n) is 6.04. The molecule has 0 radical (unpaired) electrons. The molecule has 0 amide bonds. The molecule has 1 aromatic rings. The molecular weight excluding hydrogens is 308 g/mol. The van der Waals surface area contributed by atoms with Gasteiger partial charge in [0, 0.05) is 18.1 Å². The maximum absolute atomic E-state index is 12.6. The van der Waals surface area contributed by atoms with Crippen LogP contribution >= 0.6 is 11.6 Å². The Morgan fingerprint density at radius 3 is 2.57 bits per heavy atom. The van der Waals surface area contributed by atoms with Gasteiger partial charge in [-0.2, -0.15) is 9.57 Å². The standard InChI is InChI=1S/C15H17ClN2O2S/c16-14-4-3-12-8-18(9-13(12)7-14)21(19,20)11-15(10-17)5-1-2-6-15/h3-4,7H,1-2,5-6,8-9,11H2. The lowest BCUT2D eigenvalue weighted by Gasteiger charge is -2.24. The average molecular weight is 325 g/mol. The third-order valence-electron chi connectivity index (χ3n) is 4.51. The van der Waals surface area contributed by atoms with Gasteiger partial charge in [0.25, 0.3) is 0 Å². The Kier molecular flexibility index (Phi) is 3.73. The summed E-state index contributed by atoms with van der Waals surface area (Å²) in [6, 6.07) is 7.74. The van der Waals surface area contributed by atoms with Crippen LogP contribution in [0.5, 0.6) is 0 Å². The quantitative estimate of drug-likeness (QED) is 0.858. The summed E-state index contributed by atoms with van der Waals surface area (Å²) < 4.78 is 26.8. The van der Waals surface area contributed by atoms with Crippen molar-refractivity contribution in [2.75, 3.05) is 5.75 Å². The number of halogens is 1. The first-order valence-electron chi connectivity index (χ1n) is 7.11. The summed E-state index contributed by atoms with van der Waals surface area (Å²) in [5.41, 5.74) is 1.27. The normalized spacial score (nSPS) is 21.1. The largest absolute Gasteiger partial charge is 0.216 e. The summed E-state index contributed by atoms with van der Waals surface area (Å²) in [5, 5.41) is 10.0. The van der Waals surface area contributed by atoms with E-state index in [1.165, 1.54) is 4.31 Å². The van der Waals surface area contributed by atoms with Crippen molar-refractivity contribution in [1.82, 2.24) is 4.31 Å². The van der Waals surface area contributed by atoms with Gasteiger partial charge in [-0.15, -0.1) is 0 Å². The average Bonchev–Trinajstić information content (AvgIpc) is 3.05. The zero-order valence-electron chi connectivity index (χ0n) is 11.7. The number of fused-ring (bicyclic) bond motifs is 1. The van der Waals surface area contributed by atoms with Crippen LogP contribution < -0.4 is 0 Å². The van der Waals surface area contributed by atoms with Crippen LogP contribution in [0.2, 0.25) is 5.02 Å². The van der Waals surface area contributed by atoms with Crippen LogP contribution in [0.3, 0.4) is 0 Å². The van der Waals surface area contributed by atoms with E-state index in [4.69, 9.17) is 11.6 Å². The van der Waals surface area contributed by atoms with Gasteiger partial charge in [-0.25, -0.2) is 8.42 Å². The molecule has 2 aliphatic rings. The highest BCUT2D eigenvalue weighted by Gasteiger charge is 2.41. The SMILES string of the molecule is N#CC1(CS(=O)(=O)N2Cc3ccc(Cl)cc3C2)CCCC1. The number of hydrogen-bond donors (Lipinski definition) is 0. The van der Waals surface area contributed by atoms with Crippen LogP contribution in [0, 0.1) is 16.7 Å². The zero-order valence-corrected chi connectivity index (χ0v) is 13.3. The maximum Gasteiger partial charge on any atom is 0.216 e. The summed E-state index contributed by atoms with van der Waals surface area (Å²) in [6.45, 7) is 0.746. The lowest BCUT2D eigenvalue weighted by atomic mass is 9.91. The molecule has 21 heavy (non-hydrogen) atoms. The molecule has 6 heteroatoms. The van der Waals surface area contributed by atoms with E-state index in [0.717, 1.165) is 24.0 Å². The molecule has 0 spiro atoms. The highest BCUT2D eigenvalue weighted by molar-refractivity contribution is 7.89. The molecule has 0 saturated heterocycles. The second kappa shape index (κ2) is 5.28. The minimum Gasteiger partial charge on any atom is -0.212 e. The summed E-state index contributed by atoms with van der Waals surface area (Å²) >= 11 is 5.96. The molecule has 0 atom stereocenters. The maximum atomic E-state index is 12.6. The summed E-state index contributed by atoms with van der Waals surface area (Å²) in [5.74, 6) is -0.0573. The zero-order chi connectivity index (χ0) is 15.1. The molecule has 0 N–H and O–H groups in total. The van der Waals surface area contributed by atoms with E-state index in [2.05, 4.69) is 6.07 Å². The van der Waals surface area contributed by atoms with Crippen LogP contribution in [0.1, 0.15) is 36.8 Å². The van der Waals surface area contributed by atoms with Crippen molar-refractivity contribution in [2.45, 2.75) is 38.8 Å². The molecule has 0 unspecified atom stereocenters. The third kappa shape index (κ3) is 2.80. The van der Waals surface area contributed by atoms with Crippen molar-refractivity contribution < 1.29 is 8.42 Å². The van der Waals surface area contributed by atoms with E-state index in [0.29, 0.717) is 31.0 Å². The Labute approximate surface area is 130 Å². The molecule has 1 aromatic carbocycles. The number of sulfonamides is 1. The molecule has 1 fully saturated rings. The van der Waals surface area contributed by atoms with Gasteiger partial charge in [-0.1, -0.05) is 30.5 Å². The molecule has 4 nitrogen and oxygen atoms in total. The fraction of sp³-hybridized carbons (Fsp3) is 0.533. The van der Waals surface area contributed by atoms with E-state index in [1.54, 1.807) is 6.07 Å². The van der Waals surface area contributed by atoms with Crippen LogP contribution in [-0.4, -0.2) is 18.5 Å². The first-order chi connectivity index (χ1) is 9.94. The Bertz CT molecular complexity index is 703. The number of hydrogen-bond acceptors (Lipinski definition) is 3. The van der Waals surface area contributed by atoms with E-state index in [1.807, 2.05) is 12.1 Å². The number of nitriles is 1. The van der Waals surface area contributed by atoms with Gasteiger partial charge in [-0.05, 0) is 36.1 Å². The molecule has 112 valence electrons. The molecule has 0 aromatic heterocycles. The summed E-state index contributed by atoms with van der Waals surface area (Å²) in [6.07, 6.45) is 3.27. The molecule has 1 heterocycles. The predicted octanol–water partition coefficient (Wildman–Crippen LogP) is 3.07. The third-order valence-corrected chi connectivity index (χ3v) is 6.71. The fourth-order valence-corrected chi connectivity index (χ4v) is 5.41. The minimum atomic E-state index is -3.43. The van der Waals surface area contributed by atoms with Gasteiger partial charge in [0.2, 0.25) is 10.0 Å². The highest BCUT2D eigenvalue weighted by atomic mass is 35.5. The molecule has 1 aliphatic heterocycles. The molecular formula is C15H17ClN2O2S. The lowest BCUT2D eigenvalue weighted by Crippen LogP contribution is -2.35. The highest BCUT2D eigenvalue weighted by Crippen LogP contribution is 2.40. The van der Waals surface area contributed by atoms with Gasteiger partial charge in [0.1, 0.15) is 0 Å². The Balaban J connectivity index is 1.80. The number of rotatable bonds is 3. The predicted molar refractivity (Wildman–Crippen MR) is 81.0 cm³/mol. The van der Waals surface area contributed by atoms with Gasteiger partial charge < -0.3 is 0 Å². The van der Waals surface area contributed by atoms with Crippen LogP contribution in [-0.2, 0) is 23.1 Å². The summed E-state index contributed by atoms with van der Waals surface area (Å²) in [7, 11) is -3.43. The molecule has 1 aliphatic carbocycles. The Hall–Kier alpha value is -1.09. The first kappa shape index (κ1) is 14.8. The minimum absolute atomic E-state index is 0.0573. The van der Waals surface area contributed by atoms with Crippen LogP contribution in [0.25, 0.3) is 0 Å². The van der Waals surface area contributed by atoms with Crippen LogP contribution in [0.15, 0.2) is 18.2 Å². The first-order valence-corrected chi connectivity index (χ1v) is 9.09. The fourth-order valence-electron chi connectivity index (χ4n) is 3.31. The Morgan fingerprint density at radius 2 is 1.90 bits per heavy atom. The van der Waals surface area contributed by atoms with E-state index < -0.39 is 15.4 Å². The molecule has 0 bridgehead atoms. The smallest absolute Gasteiger partial charge is 0.212 e. The van der Waals surface area contributed by atoms with Gasteiger partial charge in [0.05, 0.1) is 17.2 Å². The van der Waals surface area contributed by atoms with Gasteiger partial charge in [0.15, 0.2) is 0 Å². The Morgan fingerprint density at radius 1 is 1.24 bits per heavy atom. The summed E-state index contributed by atoms with van der Waals surface area (Å²) in [4.78, 5) is 0. The monoisotopic (exact) mass is 324 g/mol. The van der Waals surface area contributed by atoms with E-state index >= 15 is 0 Å². The van der Waals surface area contributed by atoms with Gasteiger partial charge in [-0.3, -0.25) is 0 Å². The molecule has 3 rings (SSSR count). The van der Waals surface area contributed by atoms with Gasteiger partial charge >= 0.3 is 0 Å². The lowest BCUT2D eigenvalue weighted by molar-refractivity contribution is 0.399. The van der Waals surface area contributed by atoms with Crippen molar-refractivity contribution in [1.29, 1.82) is 5.26 Å². The van der Waals surface area contributed by atoms with Crippen molar-refractivity contribution in [3.8, 4) is 6.07 Å². The number of nitrogens with zero attached hydrogens (tertiary/aromatic N) is 2. The topological polar surface area (TPSA) is 61.2 Å². The van der Waals surface area contributed by atoms with E-state index in [9.17, 15) is 13.7 Å². The van der Waals surface area contributed by atoms with Crippen molar-refractivity contribution in [3.63, 3.8) is 0 Å². The second-order valence-corrected chi connectivity index (χ2v) is 8.44. The van der Waals surface area contributed by atoms with Crippen LogP contribution in [0.4, 0.5) is 0 Å². The van der Waals surface area contributed by atoms with Crippen molar-refractivity contribution in [2.24, 2.45) is 5.41 Å². The van der Waals surface area contributed by atoms with Crippen molar-refractivity contribution >= 4 is 21.6 Å². The van der Waals surface area contributed by atoms with E-state index in [-0.39, 0.29) is 5.75 Å².